The number of aliphatic hydroxyl groups excluding tert-OH is 1. The van der Waals surface area contributed by atoms with E-state index in [2.05, 4.69) is 47.3 Å². The standard InChI is InChI=1S/C24H45NO3Si/c1-14(2)21(26)18-12-17-13-19(24(17,7)8)20(18)22(29(9,10)11)28-23(27)25(15(3)4)16(5)6/h14-19,21,26H,12-13H2,1-11H3/b22-20-/t17-,18-,19-,21+/m0/s1. The minimum Gasteiger partial charge on any atom is -0.420 e. The van der Waals surface area contributed by atoms with Crippen LogP contribution >= 0.6 is 0 Å². The maximum atomic E-state index is 13.2. The van der Waals surface area contributed by atoms with Crippen LogP contribution in [-0.4, -0.2) is 42.4 Å². The van der Waals surface area contributed by atoms with Gasteiger partial charge in [-0.25, -0.2) is 4.79 Å². The molecule has 0 aromatic heterocycles. The summed E-state index contributed by atoms with van der Waals surface area (Å²) in [6.45, 7) is 23.8. The highest BCUT2D eigenvalue weighted by Gasteiger charge is 2.58. The minimum absolute atomic E-state index is 0.0864. The summed E-state index contributed by atoms with van der Waals surface area (Å²) in [5, 5.41) is 12.0. The topological polar surface area (TPSA) is 49.8 Å². The van der Waals surface area contributed by atoms with Gasteiger partial charge in [-0.05, 0) is 69.3 Å². The molecular weight excluding hydrogens is 378 g/mol. The molecule has 2 bridgehead atoms. The summed E-state index contributed by atoms with van der Waals surface area (Å²) in [7, 11) is -1.96. The molecule has 0 aliphatic heterocycles. The van der Waals surface area contributed by atoms with Crippen molar-refractivity contribution in [2.45, 2.75) is 106 Å². The molecule has 0 unspecified atom stereocenters. The summed E-state index contributed by atoms with van der Waals surface area (Å²) >= 11 is 0. The minimum atomic E-state index is -1.96. The Balaban J connectivity index is 2.56. The third kappa shape index (κ3) is 4.61. The van der Waals surface area contributed by atoms with Crippen molar-refractivity contribution in [3.63, 3.8) is 0 Å². The molecule has 3 fully saturated rings. The lowest BCUT2D eigenvalue weighted by Gasteiger charge is -2.61. The van der Waals surface area contributed by atoms with E-state index in [1.165, 1.54) is 5.57 Å². The van der Waals surface area contributed by atoms with Crippen LogP contribution in [0.25, 0.3) is 0 Å². The van der Waals surface area contributed by atoms with E-state index in [9.17, 15) is 9.90 Å². The average Bonchev–Trinajstić information content (AvgIpc) is 2.56. The zero-order valence-electron chi connectivity index (χ0n) is 20.7. The molecule has 1 amide bonds. The number of aliphatic hydroxyl groups is 1. The summed E-state index contributed by atoms with van der Waals surface area (Å²) in [4.78, 5) is 15.1. The SMILES string of the molecule is CC(C)[C@@H](O)[C@H]1C[C@H]2C[C@@H](/C1=C(/OC(=O)N(C(C)C)C(C)C)[Si](C)(C)C)C2(C)C. The van der Waals surface area contributed by atoms with Crippen LogP contribution in [0.5, 0.6) is 0 Å². The molecule has 0 heterocycles. The molecule has 168 valence electrons. The van der Waals surface area contributed by atoms with Gasteiger partial charge in [-0.15, -0.1) is 0 Å². The first-order valence-electron chi connectivity index (χ1n) is 11.5. The predicted molar refractivity (Wildman–Crippen MR) is 123 cm³/mol. The van der Waals surface area contributed by atoms with Crippen LogP contribution in [0.1, 0.15) is 68.2 Å². The van der Waals surface area contributed by atoms with E-state index in [-0.39, 0.29) is 41.5 Å². The molecular formula is C24H45NO3Si. The first-order chi connectivity index (χ1) is 13.1. The lowest BCUT2D eigenvalue weighted by atomic mass is 9.44. The number of fused-ring (bicyclic) bond motifs is 2. The van der Waals surface area contributed by atoms with Crippen molar-refractivity contribution in [2.75, 3.05) is 0 Å². The average molecular weight is 424 g/mol. The van der Waals surface area contributed by atoms with Crippen molar-refractivity contribution in [3.8, 4) is 0 Å². The van der Waals surface area contributed by atoms with E-state index in [1.807, 2.05) is 32.6 Å². The number of nitrogens with zero attached hydrogens (tertiary/aromatic N) is 1. The Labute approximate surface area is 180 Å². The molecule has 4 nitrogen and oxygen atoms in total. The summed E-state index contributed by atoms with van der Waals surface area (Å²) in [5.74, 6) is 1.35. The van der Waals surface area contributed by atoms with Gasteiger partial charge < -0.3 is 14.7 Å². The van der Waals surface area contributed by atoms with Gasteiger partial charge in [0.1, 0.15) is 8.07 Å². The van der Waals surface area contributed by atoms with Crippen LogP contribution in [0.2, 0.25) is 19.6 Å². The number of rotatable bonds is 6. The summed E-state index contributed by atoms with van der Waals surface area (Å²) in [6.07, 6.45) is 1.54. The van der Waals surface area contributed by atoms with E-state index in [0.717, 1.165) is 18.2 Å². The molecule has 0 radical (unpaired) electrons. The maximum Gasteiger partial charge on any atom is 0.414 e. The highest BCUT2D eigenvalue weighted by atomic mass is 28.3. The van der Waals surface area contributed by atoms with Crippen molar-refractivity contribution >= 4 is 14.2 Å². The molecule has 29 heavy (non-hydrogen) atoms. The monoisotopic (exact) mass is 423 g/mol. The highest BCUT2D eigenvalue weighted by molar-refractivity contribution is 6.82. The van der Waals surface area contributed by atoms with Gasteiger partial charge >= 0.3 is 6.09 Å². The fraction of sp³-hybridized carbons (Fsp3) is 0.875. The normalized spacial score (nSPS) is 29.0. The first kappa shape index (κ1) is 24.5. The lowest BCUT2D eigenvalue weighted by Crippen LogP contribution is -2.56. The van der Waals surface area contributed by atoms with Crippen LogP contribution in [0.4, 0.5) is 4.79 Å². The van der Waals surface area contributed by atoms with Crippen molar-refractivity contribution in [3.05, 3.63) is 11.0 Å². The van der Waals surface area contributed by atoms with E-state index >= 15 is 0 Å². The highest BCUT2D eigenvalue weighted by Crippen LogP contribution is 2.64. The van der Waals surface area contributed by atoms with Crippen molar-refractivity contribution in [1.29, 1.82) is 0 Å². The molecule has 1 N–H and O–H groups in total. The number of ether oxygens (including phenoxy) is 1. The zero-order valence-corrected chi connectivity index (χ0v) is 21.7. The lowest BCUT2D eigenvalue weighted by molar-refractivity contribution is -0.0800. The van der Waals surface area contributed by atoms with Gasteiger partial charge in [-0.2, -0.15) is 0 Å². The number of carbonyl (C=O) groups is 1. The molecule has 5 heteroatoms. The fourth-order valence-corrected chi connectivity index (χ4v) is 7.17. The van der Waals surface area contributed by atoms with E-state index < -0.39 is 8.07 Å². The number of hydrogen-bond acceptors (Lipinski definition) is 3. The molecule has 0 spiro atoms. The molecule has 3 aliphatic carbocycles. The van der Waals surface area contributed by atoms with Gasteiger partial charge in [0.25, 0.3) is 0 Å². The number of carbonyl (C=O) groups excluding carboxylic acids is 1. The van der Waals surface area contributed by atoms with Gasteiger partial charge in [0, 0.05) is 18.0 Å². The number of hydrogen-bond donors (Lipinski definition) is 1. The van der Waals surface area contributed by atoms with Gasteiger partial charge in [0.05, 0.1) is 11.5 Å². The van der Waals surface area contributed by atoms with Crippen LogP contribution < -0.4 is 0 Å². The molecule has 3 saturated carbocycles. The molecule has 3 aliphatic rings. The van der Waals surface area contributed by atoms with Crippen molar-refractivity contribution in [1.82, 2.24) is 4.90 Å². The van der Waals surface area contributed by atoms with Crippen molar-refractivity contribution in [2.24, 2.45) is 29.1 Å². The summed E-state index contributed by atoms with van der Waals surface area (Å²) < 4.78 is 6.30. The zero-order chi connectivity index (χ0) is 22.5. The Morgan fingerprint density at radius 3 is 1.97 bits per heavy atom. The second-order valence-electron chi connectivity index (χ2n) is 11.9. The molecule has 3 rings (SSSR count). The van der Waals surface area contributed by atoms with Crippen LogP contribution in [-0.2, 0) is 4.74 Å². The number of amides is 1. The van der Waals surface area contributed by atoms with E-state index in [1.54, 1.807) is 0 Å². The smallest absolute Gasteiger partial charge is 0.414 e. The first-order valence-corrected chi connectivity index (χ1v) is 15.0. The third-order valence-corrected chi connectivity index (χ3v) is 9.09. The van der Waals surface area contributed by atoms with Gasteiger partial charge in [-0.3, -0.25) is 0 Å². The van der Waals surface area contributed by atoms with Gasteiger partial charge in [0.15, 0.2) is 0 Å². The van der Waals surface area contributed by atoms with Crippen LogP contribution in [0, 0.1) is 29.1 Å². The van der Waals surface area contributed by atoms with Crippen LogP contribution in [0.3, 0.4) is 0 Å². The summed E-state index contributed by atoms with van der Waals surface area (Å²) in [5.41, 5.74) is 1.48. The molecule has 0 aromatic carbocycles. The van der Waals surface area contributed by atoms with Crippen molar-refractivity contribution < 1.29 is 14.6 Å². The fourth-order valence-electron chi connectivity index (χ4n) is 5.55. The third-order valence-electron chi connectivity index (χ3n) is 7.34. The Hall–Kier alpha value is -0.813. The van der Waals surface area contributed by atoms with Gasteiger partial charge in [0.2, 0.25) is 0 Å². The summed E-state index contributed by atoms with van der Waals surface area (Å²) in [6, 6.07) is 0.173. The maximum absolute atomic E-state index is 13.2. The molecule has 4 atom stereocenters. The Bertz CT molecular complexity index is 637. The molecule has 0 aromatic rings. The molecule has 0 saturated heterocycles. The second kappa shape index (κ2) is 8.37. The second-order valence-corrected chi connectivity index (χ2v) is 16.8. The predicted octanol–water partition coefficient (Wildman–Crippen LogP) is 6.07. The van der Waals surface area contributed by atoms with Gasteiger partial charge in [-0.1, -0.05) is 47.3 Å². The Morgan fingerprint density at radius 1 is 1.07 bits per heavy atom. The Morgan fingerprint density at radius 2 is 1.59 bits per heavy atom. The quantitative estimate of drug-likeness (QED) is 0.416. The Kier molecular flexibility index (Phi) is 7.06. The largest absolute Gasteiger partial charge is 0.420 e. The van der Waals surface area contributed by atoms with E-state index in [4.69, 9.17) is 4.74 Å². The van der Waals surface area contributed by atoms with E-state index in [0.29, 0.717) is 11.8 Å². The van der Waals surface area contributed by atoms with Crippen LogP contribution in [0.15, 0.2) is 11.0 Å².